The van der Waals surface area contributed by atoms with Crippen LogP contribution in [0.25, 0.3) is 6.08 Å². The van der Waals surface area contributed by atoms with Gasteiger partial charge < -0.3 is 19.3 Å². The highest BCUT2D eigenvalue weighted by Crippen LogP contribution is 2.28. The average molecular weight is 398 g/mol. The van der Waals surface area contributed by atoms with Gasteiger partial charge in [0.25, 0.3) is 5.69 Å². The Morgan fingerprint density at radius 2 is 1.83 bits per heavy atom. The molecule has 0 bridgehead atoms. The summed E-state index contributed by atoms with van der Waals surface area (Å²) in [7, 11) is 3.14. The predicted molar refractivity (Wildman–Crippen MR) is 108 cm³/mol. The van der Waals surface area contributed by atoms with E-state index in [-0.39, 0.29) is 11.6 Å². The summed E-state index contributed by atoms with van der Waals surface area (Å²) in [6.45, 7) is 2.32. The molecule has 29 heavy (non-hydrogen) atoms. The van der Waals surface area contributed by atoms with Crippen molar-refractivity contribution in [2.45, 2.75) is 0 Å². The molecule has 1 fully saturated rings. The zero-order valence-electron chi connectivity index (χ0n) is 16.3. The van der Waals surface area contributed by atoms with Gasteiger partial charge in [-0.1, -0.05) is 6.07 Å². The molecular weight excluding hydrogens is 376 g/mol. The van der Waals surface area contributed by atoms with Crippen molar-refractivity contribution in [2.24, 2.45) is 0 Å². The maximum absolute atomic E-state index is 12.5. The summed E-state index contributed by atoms with van der Waals surface area (Å²) in [4.78, 5) is 30.7. The molecule has 0 N–H and O–H groups in total. The van der Waals surface area contributed by atoms with E-state index in [1.54, 1.807) is 49.5 Å². The van der Waals surface area contributed by atoms with Crippen molar-refractivity contribution in [1.29, 1.82) is 0 Å². The molecule has 2 heterocycles. The van der Waals surface area contributed by atoms with Gasteiger partial charge in [-0.2, -0.15) is 0 Å². The molecule has 1 saturated heterocycles. The number of benzene rings is 1. The summed E-state index contributed by atoms with van der Waals surface area (Å²) in [6.07, 6.45) is 4.54. The van der Waals surface area contributed by atoms with E-state index in [9.17, 15) is 14.9 Å². The molecule has 0 aliphatic carbocycles. The van der Waals surface area contributed by atoms with Gasteiger partial charge in [-0.25, -0.2) is 4.98 Å². The highest BCUT2D eigenvalue weighted by Gasteiger charge is 2.21. The zero-order chi connectivity index (χ0) is 20.8. The molecule has 9 nitrogen and oxygen atoms in total. The molecule has 1 aromatic heterocycles. The number of piperazine rings is 1. The van der Waals surface area contributed by atoms with Crippen LogP contribution in [0.4, 0.5) is 11.5 Å². The largest absolute Gasteiger partial charge is 0.493 e. The van der Waals surface area contributed by atoms with Crippen LogP contribution in [-0.2, 0) is 4.79 Å². The van der Waals surface area contributed by atoms with Gasteiger partial charge in [-0.3, -0.25) is 14.9 Å². The number of amides is 1. The fourth-order valence-electron chi connectivity index (χ4n) is 3.06. The number of hydrogen-bond donors (Lipinski definition) is 0. The number of carbonyl (C=O) groups excluding carboxylic acids is 1. The Morgan fingerprint density at radius 3 is 2.41 bits per heavy atom. The van der Waals surface area contributed by atoms with E-state index in [0.717, 1.165) is 5.56 Å². The quantitative estimate of drug-likeness (QED) is 0.418. The Labute approximate surface area is 168 Å². The number of aromatic nitrogens is 1. The van der Waals surface area contributed by atoms with Crippen LogP contribution in [0, 0.1) is 10.1 Å². The lowest BCUT2D eigenvalue weighted by Gasteiger charge is -2.34. The molecule has 1 aliphatic heterocycles. The second kappa shape index (κ2) is 9.05. The van der Waals surface area contributed by atoms with Crippen LogP contribution in [-0.4, -0.2) is 61.1 Å². The van der Waals surface area contributed by atoms with Crippen LogP contribution >= 0.6 is 0 Å². The van der Waals surface area contributed by atoms with Crippen LogP contribution in [0.15, 0.2) is 42.6 Å². The van der Waals surface area contributed by atoms with Crippen molar-refractivity contribution < 1.29 is 19.2 Å². The molecule has 0 spiro atoms. The number of rotatable bonds is 6. The molecule has 0 atom stereocenters. The van der Waals surface area contributed by atoms with Crippen molar-refractivity contribution in [1.82, 2.24) is 9.88 Å². The van der Waals surface area contributed by atoms with Crippen LogP contribution in [0.5, 0.6) is 11.5 Å². The Bertz CT molecular complexity index is 906. The third-order valence-electron chi connectivity index (χ3n) is 4.68. The Morgan fingerprint density at radius 1 is 1.10 bits per heavy atom. The number of hydrogen-bond acceptors (Lipinski definition) is 7. The van der Waals surface area contributed by atoms with Gasteiger partial charge in [0, 0.05) is 38.3 Å². The third kappa shape index (κ3) is 4.81. The molecule has 1 aliphatic rings. The van der Waals surface area contributed by atoms with Crippen molar-refractivity contribution >= 4 is 23.5 Å². The first-order valence-electron chi connectivity index (χ1n) is 9.06. The normalized spacial score (nSPS) is 14.1. The summed E-state index contributed by atoms with van der Waals surface area (Å²) in [5, 5.41) is 10.7. The van der Waals surface area contributed by atoms with Gasteiger partial charge in [0.05, 0.1) is 19.1 Å². The molecule has 9 heteroatoms. The summed E-state index contributed by atoms with van der Waals surface area (Å²) >= 11 is 0. The monoisotopic (exact) mass is 398 g/mol. The van der Waals surface area contributed by atoms with Crippen molar-refractivity contribution in [3.8, 4) is 11.5 Å². The molecule has 1 aromatic carbocycles. The Balaban J connectivity index is 1.57. The highest BCUT2D eigenvalue weighted by molar-refractivity contribution is 5.92. The minimum absolute atomic E-state index is 0.0390. The zero-order valence-corrected chi connectivity index (χ0v) is 16.3. The van der Waals surface area contributed by atoms with Crippen LogP contribution < -0.4 is 14.4 Å². The molecule has 3 rings (SSSR count). The lowest BCUT2D eigenvalue weighted by atomic mass is 10.2. The van der Waals surface area contributed by atoms with Crippen molar-refractivity contribution in [3.05, 3.63) is 58.3 Å². The SMILES string of the molecule is COc1ccc(/C=C/C(=O)N2CCN(c3ccc([N+](=O)[O-])cn3)CC2)cc1OC. The molecule has 152 valence electrons. The minimum Gasteiger partial charge on any atom is -0.493 e. The third-order valence-corrected chi connectivity index (χ3v) is 4.68. The van der Waals surface area contributed by atoms with Crippen LogP contribution in [0.2, 0.25) is 0 Å². The second-order valence-electron chi connectivity index (χ2n) is 6.39. The lowest BCUT2D eigenvalue weighted by molar-refractivity contribution is -0.385. The fraction of sp³-hybridized carbons (Fsp3) is 0.300. The molecular formula is C20H22N4O5. The van der Waals surface area contributed by atoms with E-state index < -0.39 is 4.92 Å². The number of anilines is 1. The standard InChI is InChI=1S/C20H22N4O5/c1-28-17-6-3-15(13-18(17)29-2)4-8-20(25)23-11-9-22(10-12-23)19-7-5-16(14-21-19)24(26)27/h3-8,13-14H,9-12H2,1-2H3/b8-4+. The first-order valence-corrected chi connectivity index (χ1v) is 9.06. The van der Waals surface area contributed by atoms with Gasteiger partial charge in [0.2, 0.25) is 5.91 Å². The fourth-order valence-corrected chi connectivity index (χ4v) is 3.06. The Hall–Kier alpha value is -3.62. The summed E-state index contributed by atoms with van der Waals surface area (Å²) in [5.74, 6) is 1.83. The lowest BCUT2D eigenvalue weighted by Crippen LogP contribution is -2.48. The van der Waals surface area contributed by atoms with E-state index in [2.05, 4.69) is 4.98 Å². The second-order valence-corrected chi connectivity index (χ2v) is 6.39. The maximum atomic E-state index is 12.5. The van der Waals surface area contributed by atoms with E-state index in [0.29, 0.717) is 43.5 Å². The van der Waals surface area contributed by atoms with Crippen molar-refractivity contribution in [2.75, 3.05) is 45.3 Å². The predicted octanol–water partition coefficient (Wildman–Crippen LogP) is 2.37. The first-order chi connectivity index (χ1) is 14.0. The topological polar surface area (TPSA) is 98.0 Å². The van der Waals surface area contributed by atoms with E-state index >= 15 is 0 Å². The van der Waals surface area contributed by atoms with Gasteiger partial charge in [-0.05, 0) is 29.8 Å². The van der Waals surface area contributed by atoms with E-state index in [4.69, 9.17) is 9.47 Å². The van der Waals surface area contributed by atoms with Gasteiger partial charge >= 0.3 is 0 Å². The van der Waals surface area contributed by atoms with E-state index in [1.807, 2.05) is 11.0 Å². The van der Waals surface area contributed by atoms with Gasteiger partial charge in [-0.15, -0.1) is 0 Å². The number of methoxy groups -OCH3 is 2. The average Bonchev–Trinajstić information content (AvgIpc) is 2.77. The summed E-state index contributed by atoms with van der Waals surface area (Å²) < 4.78 is 10.5. The molecule has 2 aromatic rings. The molecule has 0 saturated carbocycles. The van der Waals surface area contributed by atoms with Crippen molar-refractivity contribution in [3.63, 3.8) is 0 Å². The van der Waals surface area contributed by atoms with Gasteiger partial charge in [0.1, 0.15) is 12.0 Å². The molecule has 0 radical (unpaired) electrons. The summed E-state index contributed by atoms with van der Waals surface area (Å²) in [6, 6.07) is 8.52. The number of carbonyl (C=O) groups is 1. The maximum Gasteiger partial charge on any atom is 0.287 e. The molecule has 1 amide bonds. The van der Waals surface area contributed by atoms with Gasteiger partial charge in [0.15, 0.2) is 11.5 Å². The van der Waals surface area contributed by atoms with E-state index in [1.165, 1.54) is 12.3 Å². The van der Waals surface area contributed by atoms with Crippen LogP contribution in [0.1, 0.15) is 5.56 Å². The number of pyridine rings is 1. The summed E-state index contributed by atoms with van der Waals surface area (Å²) in [5.41, 5.74) is 0.799. The number of nitrogens with zero attached hydrogens (tertiary/aromatic N) is 4. The molecule has 0 unspecified atom stereocenters. The first kappa shape index (κ1) is 20.1. The minimum atomic E-state index is -0.474. The number of ether oxygens (including phenoxy) is 2. The highest BCUT2D eigenvalue weighted by atomic mass is 16.6. The van der Waals surface area contributed by atoms with Crippen LogP contribution in [0.3, 0.4) is 0 Å². The Kier molecular flexibility index (Phi) is 6.28. The smallest absolute Gasteiger partial charge is 0.287 e. The number of nitro groups is 1.